The van der Waals surface area contributed by atoms with Crippen LogP contribution in [0.2, 0.25) is 0 Å². The molecule has 1 saturated heterocycles. The zero-order valence-corrected chi connectivity index (χ0v) is 6.79. The van der Waals surface area contributed by atoms with Gasteiger partial charge < -0.3 is 5.32 Å². The van der Waals surface area contributed by atoms with Gasteiger partial charge in [-0.25, -0.2) is 0 Å². The van der Waals surface area contributed by atoms with Gasteiger partial charge >= 0.3 is 0 Å². The summed E-state index contributed by atoms with van der Waals surface area (Å²) < 4.78 is 1.98. The summed E-state index contributed by atoms with van der Waals surface area (Å²) in [6.45, 7) is 2.91. The maximum atomic E-state index is 4.78. The van der Waals surface area contributed by atoms with Crippen LogP contribution in [0.3, 0.4) is 0 Å². The summed E-state index contributed by atoms with van der Waals surface area (Å²) in [5, 5.41) is 5.00. The highest BCUT2D eigenvalue weighted by molar-refractivity contribution is 7.79. The Hall–Kier alpha value is 0.360. The molecule has 1 unspecified atom stereocenters. The van der Waals surface area contributed by atoms with Gasteiger partial charge in [-0.15, -0.1) is 0 Å². The van der Waals surface area contributed by atoms with Crippen LogP contribution in [0.15, 0.2) is 0 Å². The minimum atomic E-state index is 0.353. The van der Waals surface area contributed by atoms with E-state index in [9.17, 15) is 0 Å². The number of rotatable bonds is 1. The SMILES string of the molecule is S=CC1CN(S)CCN1. The Kier molecular flexibility index (Phi) is 2.91. The first-order valence-electron chi connectivity index (χ1n) is 2.95. The summed E-state index contributed by atoms with van der Waals surface area (Å²) in [5.74, 6) is 0. The molecule has 0 radical (unpaired) electrons. The maximum Gasteiger partial charge on any atom is 0.0492 e. The normalized spacial score (nSPS) is 30.1. The van der Waals surface area contributed by atoms with E-state index in [0.29, 0.717) is 6.04 Å². The molecule has 0 aliphatic carbocycles. The largest absolute Gasteiger partial charge is 0.307 e. The van der Waals surface area contributed by atoms with Crippen LogP contribution in [-0.2, 0) is 0 Å². The molecule has 1 N–H and O–H groups in total. The summed E-state index contributed by atoms with van der Waals surface area (Å²) in [6, 6.07) is 0.353. The summed E-state index contributed by atoms with van der Waals surface area (Å²) in [7, 11) is 0. The molecule has 1 aliphatic rings. The predicted octanol–water partition coefficient (Wildman–Crippen LogP) is 0.105. The monoisotopic (exact) mass is 162 g/mol. The molecule has 0 bridgehead atoms. The van der Waals surface area contributed by atoms with Crippen molar-refractivity contribution in [2.45, 2.75) is 6.04 Å². The average molecular weight is 162 g/mol. The third kappa shape index (κ3) is 2.21. The summed E-state index contributed by atoms with van der Waals surface area (Å²) >= 11 is 8.98. The molecule has 0 aromatic rings. The Morgan fingerprint density at radius 2 is 2.56 bits per heavy atom. The first-order valence-corrected chi connectivity index (χ1v) is 3.82. The fraction of sp³-hybridized carbons (Fsp3) is 0.800. The smallest absolute Gasteiger partial charge is 0.0492 e. The van der Waals surface area contributed by atoms with Crippen LogP contribution in [0.1, 0.15) is 0 Å². The quantitative estimate of drug-likeness (QED) is 0.420. The lowest BCUT2D eigenvalue weighted by Gasteiger charge is -2.26. The van der Waals surface area contributed by atoms with E-state index in [1.54, 1.807) is 5.37 Å². The molecule has 2 nitrogen and oxygen atoms in total. The number of hydrogen-bond donors (Lipinski definition) is 2. The second kappa shape index (κ2) is 3.51. The van der Waals surface area contributed by atoms with Crippen LogP contribution >= 0.6 is 25.0 Å². The highest BCUT2D eigenvalue weighted by Gasteiger charge is 2.13. The van der Waals surface area contributed by atoms with Gasteiger partial charge in [-0.1, -0.05) is 25.0 Å². The van der Waals surface area contributed by atoms with E-state index in [1.807, 2.05) is 4.31 Å². The number of nitrogens with one attached hydrogen (secondary N) is 1. The van der Waals surface area contributed by atoms with Crippen LogP contribution < -0.4 is 5.32 Å². The van der Waals surface area contributed by atoms with E-state index in [2.05, 4.69) is 18.1 Å². The molecule has 0 aromatic heterocycles. The second-order valence-corrected chi connectivity index (χ2v) is 2.95. The van der Waals surface area contributed by atoms with Gasteiger partial charge in [-0.2, -0.15) is 0 Å². The molecule has 0 aromatic carbocycles. The zero-order valence-electron chi connectivity index (χ0n) is 5.08. The lowest BCUT2D eigenvalue weighted by molar-refractivity contribution is 0.373. The van der Waals surface area contributed by atoms with E-state index in [0.717, 1.165) is 19.6 Å². The zero-order chi connectivity index (χ0) is 6.69. The van der Waals surface area contributed by atoms with Gasteiger partial charge in [-0.05, 0) is 5.37 Å². The van der Waals surface area contributed by atoms with Crippen molar-refractivity contribution in [1.82, 2.24) is 9.62 Å². The molecular weight excluding hydrogens is 152 g/mol. The lowest BCUT2D eigenvalue weighted by Crippen LogP contribution is -2.47. The molecule has 52 valence electrons. The highest BCUT2D eigenvalue weighted by atomic mass is 32.1. The predicted molar refractivity (Wildman–Crippen MR) is 46.0 cm³/mol. The van der Waals surface area contributed by atoms with E-state index >= 15 is 0 Å². The average Bonchev–Trinajstić information content (AvgIpc) is 1.88. The van der Waals surface area contributed by atoms with Crippen LogP contribution in [0.25, 0.3) is 0 Å². The number of thiol groups is 1. The van der Waals surface area contributed by atoms with Crippen LogP contribution in [0.5, 0.6) is 0 Å². The number of thiocarbonyl (C=S) groups is 1. The van der Waals surface area contributed by atoms with Crippen molar-refractivity contribution in [2.24, 2.45) is 0 Å². The topological polar surface area (TPSA) is 15.3 Å². The van der Waals surface area contributed by atoms with Crippen LogP contribution in [0, 0.1) is 0 Å². The van der Waals surface area contributed by atoms with Crippen molar-refractivity contribution < 1.29 is 0 Å². The third-order valence-corrected chi connectivity index (χ3v) is 2.04. The standard InChI is InChI=1S/C5H10N2S2/c8-4-5-3-7(9)2-1-6-5/h4-6,9H,1-3H2. The molecule has 1 atom stereocenters. The van der Waals surface area contributed by atoms with E-state index in [-0.39, 0.29) is 0 Å². The van der Waals surface area contributed by atoms with Crippen molar-refractivity contribution in [3.05, 3.63) is 0 Å². The Morgan fingerprint density at radius 1 is 1.78 bits per heavy atom. The number of hydrogen-bond acceptors (Lipinski definition) is 4. The molecule has 0 spiro atoms. The molecular formula is C5H10N2S2. The van der Waals surface area contributed by atoms with Gasteiger partial charge in [0.2, 0.25) is 0 Å². The maximum absolute atomic E-state index is 4.78. The van der Waals surface area contributed by atoms with Gasteiger partial charge in [0.25, 0.3) is 0 Å². The summed E-state index contributed by atoms with van der Waals surface area (Å²) in [5.41, 5.74) is 0. The minimum Gasteiger partial charge on any atom is -0.307 e. The summed E-state index contributed by atoms with van der Waals surface area (Å²) in [4.78, 5) is 0. The molecule has 9 heavy (non-hydrogen) atoms. The molecule has 0 saturated carbocycles. The Morgan fingerprint density at radius 3 is 3.00 bits per heavy atom. The molecule has 1 rings (SSSR count). The van der Waals surface area contributed by atoms with Crippen molar-refractivity contribution in [1.29, 1.82) is 0 Å². The van der Waals surface area contributed by atoms with E-state index in [4.69, 9.17) is 12.2 Å². The Bertz CT molecular complexity index is 107. The van der Waals surface area contributed by atoms with Gasteiger partial charge in [0, 0.05) is 25.7 Å². The number of nitrogens with zero attached hydrogens (tertiary/aromatic N) is 1. The van der Waals surface area contributed by atoms with Crippen molar-refractivity contribution in [3.8, 4) is 0 Å². The molecule has 1 aliphatic heterocycles. The first-order chi connectivity index (χ1) is 4.33. The fourth-order valence-electron chi connectivity index (χ4n) is 0.853. The van der Waals surface area contributed by atoms with Crippen molar-refractivity contribution >= 4 is 30.4 Å². The van der Waals surface area contributed by atoms with Gasteiger partial charge in [0.1, 0.15) is 0 Å². The fourth-order valence-corrected chi connectivity index (χ4v) is 1.31. The Balaban J connectivity index is 2.31. The van der Waals surface area contributed by atoms with Gasteiger partial charge in [0.15, 0.2) is 0 Å². The van der Waals surface area contributed by atoms with Gasteiger partial charge in [0.05, 0.1) is 0 Å². The third-order valence-electron chi connectivity index (χ3n) is 1.35. The van der Waals surface area contributed by atoms with Gasteiger partial charge in [-0.3, -0.25) is 4.31 Å². The molecule has 1 fully saturated rings. The minimum absolute atomic E-state index is 0.353. The molecule has 4 heteroatoms. The van der Waals surface area contributed by atoms with Crippen LogP contribution in [-0.4, -0.2) is 35.3 Å². The van der Waals surface area contributed by atoms with E-state index < -0.39 is 0 Å². The summed E-state index contributed by atoms with van der Waals surface area (Å²) in [6.07, 6.45) is 0. The molecule has 0 amide bonds. The van der Waals surface area contributed by atoms with Crippen molar-refractivity contribution in [3.63, 3.8) is 0 Å². The van der Waals surface area contributed by atoms with E-state index in [1.165, 1.54) is 0 Å². The lowest BCUT2D eigenvalue weighted by atomic mass is 10.3. The molecule has 1 heterocycles. The Labute approximate surface area is 66.2 Å². The number of piperazine rings is 1. The first kappa shape index (κ1) is 7.47. The highest BCUT2D eigenvalue weighted by Crippen LogP contribution is 1.98. The van der Waals surface area contributed by atoms with Crippen LogP contribution in [0.4, 0.5) is 0 Å². The second-order valence-electron chi connectivity index (χ2n) is 2.11. The van der Waals surface area contributed by atoms with Crippen molar-refractivity contribution in [2.75, 3.05) is 19.6 Å².